The van der Waals surface area contributed by atoms with Crippen molar-refractivity contribution in [3.05, 3.63) is 0 Å². The monoisotopic (exact) mass is 750 g/mol. The predicted molar refractivity (Wildman–Crippen MR) is 225 cm³/mol. The number of esters is 2. The van der Waals surface area contributed by atoms with Crippen LogP contribution in [0.3, 0.4) is 0 Å². The quantitative estimate of drug-likeness (QED) is 0.0496. The Kier molecular flexibility index (Phi) is 31.1. The molecule has 6 heteroatoms. The fourth-order valence-corrected chi connectivity index (χ4v) is 7.95. The molecule has 1 aliphatic rings. The van der Waals surface area contributed by atoms with Crippen LogP contribution in [0, 0.1) is 16.7 Å². The molecule has 1 fully saturated rings. The number of aliphatic hydroxyl groups is 1. The van der Waals surface area contributed by atoms with Crippen LogP contribution >= 0.6 is 0 Å². The van der Waals surface area contributed by atoms with Crippen LogP contribution < -0.4 is 0 Å². The zero-order valence-corrected chi connectivity index (χ0v) is 36.3. The third-order valence-electron chi connectivity index (χ3n) is 11.9. The molecule has 0 radical (unpaired) electrons. The van der Waals surface area contributed by atoms with Gasteiger partial charge < -0.3 is 19.5 Å². The molecule has 0 aromatic carbocycles. The molecule has 0 aromatic rings. The molecule has 0 aliphatic heterocycles. The summed E-state index contributed by atoms with van der Waals surface area (Å²) >= 11 is 0. The fraction of sp³-hybridized carbons (Fsp3) is 0.957. The third-order valence-corrected chi connectivity index (χ3v) is 11.9. The fourth-order valence-electron chi connectivity index (χ4n) is 7.95. The van der Waals surface area contributed by atoms with Gasteiger partial charge in [-0.2, -0.15) is 0 Å². The second-order valence-corrected chi connectivity index (χ2v) is 18.0. The Labute approximate surface area is 330 Å². The van der Waals surface area contributed by atoms with Crippen molar-refractivity contribution in [3.8, 4) is 0 Å². The predicted octanol–water partition coefficient (Wildman–Crippen LogP) is 13.2. The Morgan fingerprint density at radius 3 is 1.74 bits per heavy atom. The smallest absolute Gasteiger partial charge is 0.306 e. The van der Waals surface area contributed by atoms with E-state index in [4.69, 9.17) is 9.47 Å². The highest BCUT2D eigenvalue weighted by atomic mass is 16.5. The molecule has 1 aliphatic carbocycles. The molecule has 0 unspecified atom stereocenters. The first kappa shape index (κ1) is 49.9. The molecule has 0 heterocycles. The number of nitrogens with zero attached hydrogens (tertiary/aromatic N) is 1. The number of unbranched alkanes of at least 4 members (excludes halogenated alkanes) is 16. The summed E-state index contributed by atoms with van der Waals surface area (Å²) in [4.78, 5) is 27.6. The van der Waals surface area contributed by atoms with Crippen LogP contribution in [0.4, 0.5) is 0 Å². The standard InChI is InChI=1S/C47H91NO5/c1-6-9-12-15-16-17-22-30-44(50)53-42-46(4,5)32-23-18-25-36-48(38-27-39-49)37-26-19-24-33-47(34-35-47)41-45(51)52-40-31-43(28-20-13-10-7-2)29-21-14-11-8-3/h43,49H,6-42H2,1-5H3. The third kappa shape index (κ3) is 29.8. The first-order chi connectivity index (χ1) is 25.7. The SMILES string of the molecule is CCCCCCCCCC(=O)OCC(C)(C)CCCCCN(CCCO)CCCCCC1(CC(=O)OCCC(CCCCCC)CCCCCC)CC1. The molecule has 0 spiro atoms. The molecule has 53 heavy (non-hydrogen) atoms. The molecule has 0 saturated heterocycles. The lowest BCUT2D eigenvalue weighted by Gasteiger charge is -2.25. The van der Waals surface area contributed by atoms with Crippen LogP contribution in [0.15, 0.2) is 0 Å². The summed E-state index contributed by atoms with van der Waals surface area (Å²) in [6.45, 7) is 15.7. The van der Waals surface area contributed by atoms with Gasteiger partial charge in [-0.15, -0.1) is 0 Å². The number of aliphatic hydroxyl groups excluding tert-OH is 1. The van der Waals surface area contributed by atoms with Gasteiger partial charge in [0.2, 0.25) is 0 Å². The van der Waals surface area contributed by atoms with Crippen LogP contribution in [0.25, 0.3) is 0 Å². The number of ether oxygens (including phenoxy) is 2. The maximum Gasteiger partial charge on any atom is 0.306 e. The molecule has 1 saturated carbocycles. The minimum atomic E-state index is -0.0311. The Morgan fingerprint density at radius 1 is 0.623 bits per heavy atom. The number of carbonyl (C=O) groups excluding carboxylic acids is 2. The normalized spacial score (nSPS) is 14.0. The minimum Gasteiger partial charge on any atom is -0.466 e. The molecule has 0 aromatic heterocycles. The lowest BCUT2D eigenvalue weighted by atomic mass is 9.88. The van der Waals surface area contributed by atoms with E-state index in [-0.39, 0.29) is 29.4 Å². The Hall–Kier alpha value is -1.14. The molecule has 1 rings (SSSR count). The highest BCUT2D eigenvalue weighted by molar-refractivity contribution is 5.70. The summed E-state index contributed by atoms with van der Waals surface area (Å²) in [6.07, 6.45) is 36.4. The Balaban J connectivity index is 2.22. The first-order valence-corrected chi connectivity index (χ1v) is 23.3. The second-order valence-electron chi connectivity index (χ2n) is 18.0. The van der Waals surface area contributed by atoms with Crippen molar-refractivity contribution in [2.75, 3.05) is 39.5 Å². The number of carbonyl (C=O) groups is 2. The molecule has 6 nitrogen and oxygen atoms in total. The van der Waals surface area contributed by atoms with Gasteiger partial charge in [-0.05, 0) is 87.6 Å². The van der Waals surface area contributed by atoms with E-state index in [1.165, 1.54) is 141 Å². The first-order valence-electron chi connectivity index (χ1n) is 23.3. The van der Waals surface area contributed by atoms with Crippen molar-refractivity contribution in [1.29, 1.82) is 0 Å². The van der Waals surface area contributed by atoms with Crippen molar-refractivity contribution in [3.63, 3.8) is 0 Å². The van der Waals surface area contributed by atoms with Crippen molar-refractivity contribution >= 4 is 11.9 Å². The molecule has 0 amide bonds. The lowest BCUT2D eigenvalue weighted by molar-refractivity contribution is -0.147. The molecule has 1 N–H and O–H groups in total. The topological polar surface area (TPSA) is 76.1 Å². The van der Waals surface area contributed by atoms with E-state index in [9.17, 15) is 14.7 Å². The summed E-state index contributed by atoms with van der Waals surface area (Å²) < 4.78 is 11.5. The average Bonchev–Trinajstić information content (AvgIpc) is 3.90. The number of hydrogen-bond acceptors (Lipinski definition) is 6. The maximum absolute atomic E-state index is 12.8. The van der Waals surface area contributed by atoms with Gasteiger partial charge in [0, 0.05) is 19.6 Å². The highest BCUT2D eigenvalue weighted by Crippen LogP contribution is 2.53. The van der Waals surface area contributed by atoms with E-state index >= 15 is 0 Å². The van der Waals surface area contributed by atoms with Crippen molar-refractivity contribution in [2.45, 2.75) is 234 Å². The van der Waals surface area contributed by atoms with Gasteiger partial charge in [0.25, 0.3) is 0 Å². The van der Waals surface area contributed by atoms with E-state index in [2.05, 4.69) is 39.5 Å². The van der Waals surface area contributed by atoms with Gasteiger partial charge in [0.15, 0.2) is 0 Å². The summed E-state index contributed by atoms with van der Waals surface area (Å²) in [5, 5.41) is 9.47. The average molecular weight is 750 g/mol. The summed E-state index contributed by atoms with van der Waals surface area (Å²) in [6, 6.07) is 0. The van der Waals surface area contributed by atoms with Gasteiger partial charge in [-0.25, -0.2) is 0 Å². The van der Waals surface area contributed by atoms with Crippen LogP contribution in [0.1, 0.15) is 234 Å². The van der Waals surface area contributed by atoms with E-state index in [0.29, 0.717) is 32.0 Å². The summed E-state index contributed by atoms with van der Waals surface area (Å²) in [5.41, 5.74) is 0.235. The van der Waals surface area contributed by atoms with Gasteiger partial charge in [-0.3, -0.25) is 9.59 Å². The summed E-state index contributed by atoms with van der Waals surface area (Å²) in [5.74, 6) is 0.718. The maximum atomic E-state index is 12.8. The molecular formula is C47H91NO5. The zero-order valence-electron chi connectivity index (χ0n) is 36.3. The Morgan fingerprint density at radius 2 is 1.15 bits per heavy atom. The Bertz CT molecular complexity index is 844. The van der Waals surface area contributed by atoms with Crippen molar-refractivity contribution < 1.29 is 24.2 Å². The van der Waals surface area contributed by atoms with E-state index in [1.54, 1.807) is 0 Å². The van der Waals surface area contributed by atoms with Crippen LogP contribution in [0.5, 0.6) is 0 Å². The summed E-state index contributed by atoms with van der Waals surface area (Å²) in [7, 11) is 0. The van der Waals surface area contributed by atoms with Crippen LogP contribution in [0.2, 0.25) is 0 Å². The van der Waals surface area contributed by atoms with Gasteiger partial charge in [0.1, 0.15) is 0 Å². The van der Waals surface area contributed by atoms with Gasteiger partial charge in [-0.1, -0.05) is 163 Å². The number of rotatable bonds is 40. The highest BCUT2D eigenvalue weighted by Gasteiger charge is 2.43. The van der Waals surface area contributed by atoms with Crippen molar-refractivity contribution in [2.24, 2.45) is 16.7 Å². The second kappa shape index (κ2) is 33.0. The van der Waals surface area contributed by atoms with Crippen LogP contribution in [-0.2, 0) is 19.1 Å². The van der Waals surface area contributed by atoms with E-state index in [1.807, 2.05) is 0 Å². The van der Waals surface area contributed by atoms with Crippen molar-refractivity contribution in [1.82, 2.24) is 4.90 Å². The van der Waals surface area contributed by atoms with Gasteiger partial charge >= 0.3 is 11.9 Å². The zero-order chi connectivity index (χ0) is 38.9. The largest absolute Gasteiger partial charge is 0.466 e. The van der Waals surface area contributed by atoms with E-state index < -0.39 is 0 Å². The minimum absolute atomic E-state index is 0.0201. The van der Waals surface area contributed by atoms with Crippen LogP contribution in [-0.4, -0.2) is 61.4 Å². The molecule has 0 bridgehead atoms. The van der Waals surface area contributed by atoms with Gasteiger partial charge in [0.05, 0.1) is 19.6 Å². The molecule has 0 atom stereocenters. The number of hydrogen-bond donors (Lipinski definition) is 1. The lowest BCUT2D eigenvalue weighted by Crippen LogP contribution is -2.28. The van der Waals surface area contributed by atoms with E-state index in [0.717, 1.165) is 64.6 Å². The molecular weight excluding hydrogens is 659 g/mol. The molecule has 314 valence electrons.